The lowest BCUT2D eigenvalue weighted by molar-refractivity contribution is 0.321. The molecule has 4 rings (SSSR count). The number of hydrogen-bond acceptors (Lipinski definition) is 3. The first-order valence-electron chi connectivity index (χ1n) is 9.09. The molecule has 0 unspecified atom stereocenters. The van der Waals surface area contributed by atoms with Crippen LogP contribution in [-0.4, -0.2) is 14.0 Å². The Balaban J connectivity index is 1.73. The second-order valence-electron chi connectivity index (χ2n) is 7.15. The van der Waals surface area contributed by atoms with Gasteiger partial charge in [0.25, 0.3) is 0 Å². The van der Waals surface area contributed by atoms with Crippen molar-refractivity contribution in [3.8, 4) is 11.5 Å². The molecule has 2 aromatic carbocycles. The topological polar surface area (TPSA) is 55.4 Å². The maximum Gasteiger partial charge on any atom is 0.241 e. The zero-order chi connectivity index (χ0) is 18.2. The fourth-order valence-electron chi connectivity index (χ4n) is 4.13. The number of hydrogen-bond donors (Lipinski definition) is 1. The first-order valence-corrected chi connectivity index (χ1v) is 10.6. The highest BCUT2D eigenvalue weighted by Crippen LogP contribution is 2.45. The molecule has 1 spiro atoms. The average Bonchev–Trinajstić information content (AvgIpc) is 2.82. The number of benzene rings is 2. The van der Waals surface area contributed by atoms with E-state index in [4.69, 9.17) is 4.74 Å². The van der Waals surface area contributed by atoms with Crippen molar-refractivity contribution in [3.05, 3.63) is 65.7 Å². The van der Waals surface area contributed by atoms with Crippen molar-refractivity contribution in [1.82, 2.24) is 4.72 Å². The Bertz CT molecular complexity index is 942. The molecular weight excluding hydrogens is 346 g/mol. The smallest absolute Gasteiger partial charge is 0.241 e. The maximum atomic E-state index is 12.9. The highest BCUT2D eigenvalue weighted by atomic mass is 32.2. The van der Waals surface area contributed by atoms with Crippen molar-refractivity contribution in [3.63, 3.8) is 0 Å². The molecule has 0 amide bonds. The van der Waals surface area contributed by atoms with Crippen molar-refractivity contribution < 1.29 is 13.2 Å². The van der Waals surface area contributed by atoms with E-state index >= 15 is 0 Å². The zero-order valence-electron chi connectivity index (χ0n) is 14.9. The number of nitrogens with one attached hydrogen (secondary N) is 1. The van der Waals surface area contributed by atoms with Gasteiger partial charge >= 0.3 is 0 Å². The third-order valence-electron chi connectivity index (χ3n) is 5.44. The molecule has 2 aliphatic rings. The largest absolute Gasteiger partial charge is 0.457 e. The molecule has 0 bridgehead atoms. The Labute approximate surface area is 154 Å². The normalized spacial score (nSPS) is 21.1. The zero-order valence-corrected chi connectivity index (χ0v) is 15.7. The molecule has 1 aliphatic heterocycles. The lowest BCUT2D eigenvalue weighted by atomic mass is 9.77. The SMILES string of the molecule is CC1=C(c2cccc(Oc3ccccc3)c2)S(=O)(=O)NC12CCCCC2. The third kappa shape index (κ3) is 3.06. The summed E-state index contributed by atoms with van der Waals surface area (Å²) >= 11 is 0. The van der Waals surface area contributed by atoms with E-state index in [9.17, 15) is 8.42 Å². The van der Waals surface area contributed by atoms with Crippen LogP contribution in [-0.2, 0) is 10.0 Å². The van der Waals surface area contributed by atoms with Gasteiger partial charge in [-0.2, -0.15) is 0 Å². The summed E-state index contributed by atoms with van der Waals surface area (Å²) < 4.78 is 34.7. The molecule has 1 saturated carbocycles. The first kappa shape index (κ1) is 17.3. The molecule has 1 fully saturated rings. The molecule has 4 nitrogen and oxygen atoms in total. The van der Waals surface area contributed by atoms with E-state index < -0.39 is 15.6 Å². The minimum absolute atomic E-state index is 0.400. The van der Waals surface area contributed by atoms with Crippen molar-refractivity contribution in [2.24, 2.45) is 0 Å². The predicted molar refractivity (Wildman–Crippen MR) is 103 cm³/mol. The summed E-state index contributed by atoms with van der Waals surface area (Å²) in [7, 11) is -3.51. The quantitative estimate of drug-likeness (QED) is 0.842. The highest BCUT2D eigenvalue weighted by Gasteiger charge is 2.47. The summed E-state index contributed by atoms with van der Waals surface area (Å²) in [6.45, 7) is 1.96. The van der Waals surface area contributed by atoms with Gasteiger partial charge in [-0.1, -0.05) is 49.6 Å². The Morgan fingerprint density at radius 1 is 0.923 bits per heavy atom. The molecule has 0 radical (unpaired) electrons. The summed E-state index contributed by atoms with van der Waals surface area (Å²) in [5, 5.41) is 0. The maximum absolute atomic E-state index is 12.9. The van der Waals surface area contributed by atoms with Crippen LogP contribution in [0.3, 0.4) is 0 Å². The Kier molecular flexibility index (Phi) is 4.37. The van der Waals surface area contributed by atoms with Gasteiger partial charge in [0.1, 0.15) is 11.5 Å². The van der Waals surface area contributed by atoms with Gasteiger partial charge in [-0.05, 0) is 55.2 Å². The summed E-state index contributed by atoms with van der Waals surface area (Å²) in [5.41, 5.74) is 1.22. The van der Waals surface area contributed by atoms with E-state index in [0.717, 1.165) is 37.0 Å². The van der Waals surface area contributed by atoms with Crippen LogP contribution in [0, 0.1) is 0 Å². The molecule has 0 saturated heterocycles. The Morgan fingerprint density at radius 3 is 2.35 bits per heavy atom. The molecule has 2 aromatic rings. The van der Waals surface area contributed by atoms with Gasteiger partial charge in [-0.3, -0.25) is 0 Å². The van der Waals surface area contributed by atoms with E-state index in [2.05, 4.69) is 4.72 Å². The van der Waals surface area contributed by atoms with E-state index in [1.54, 1.807) is 0 Å². The number of rotatable bonds is 3. The minimum Gasteiger partial charge on any atom is -0.457 e. The molecule has 1 N–H and O–H groups in total. The molecule has 1 aliphatic carbocycles. The summed E-state index contributed by atoms with van der Waals surface area (Å²) in [5.74, 6) is 1.36. The van der Waals surface area contributed by atoms with Crippen LogP contribution >= 0.6 is 0 Å². The van der Waals surface area contributed by atoms with E-state index in [0.29, 0.717) is 16.2 Å². The molecule has 1 heterocycles. The van der Waals surface area contributed by atoms with Crippen molar-refractivity contribution in [1.29, 1.82) is 0 Å². The molecule has 136 valence electrons. The Hall–Kier alpha value is -2.11. The van der Waals surface area contributed by atoms with Crippen LogP contribution < -0.4 is 9.46 Å². The second-order valence-corrected chi connectivity index (χ2v) is 8.76. The highest BCUT2D eigenvalue weighted by molar-refractivity contribution is 7.99. The van der Waals surface area contributed by atoms with Gasteiger partial charge in [-0.25, -0.2) is 13.1 Å². The van der Waals surface area contributed by atoms with Crippen molar-refractivity contribution in [2.45, 2.75) is 44.6 Å². The number of ether oxygens (including phenoxy) is 1. The van der Waals surface area contributed by atoms with Gasteiger partial charge < -0.3 is 4.74 Å². The van der Waals surface area contributed by atoms with Crippen LogP contribution in [0.1, 0.15) is 44.6 Å². The van der Waals surface area contributed by atoms with Crippen molar-refractivity contribution >= 4 is 14.9 Å². The number of para-hydroxylation sites is 1. The first-order chi connectivity index (χ1) is 12.5. The van der Waals surface area contributed by atoms with Gasteiger partial charge in [0.15, 0.2) is 0 Å². The van der Waals surface area contributed by atoms with Gasteiger partial charge in [0.05, 0.1) is 10.4 Å². The monoisotopic (exact) mass is 369 g/mol. The van der Waals surface area contributed by atoms with Crippen LogP contribution in [0.5, 0.6) is 11.5 Å². The second kappa shape index (κ2) is 6.56. The lowest BCUT2D eigenvalue weighted by Gasteiger charge is -2.34. The molecule has 26 heavy (non-hydrogen) atoms. The number of sulfonamides is 1. The van der Waals surface area contributed by atoms with Gasteiger partial charge in [0, 0.05) is 0 Å². The fraction of sp³-hybridized carbons (Fsp3) is 0.333. The van der Waals surface area contributed by atoms with Gasteiger partial charge in [-0.15, -0.1) is 0 Å². The molecule has 0 atom stereocenters. The van der Waals surface area contributed by atoms with Crippen LogP contribution in [0.25, 0.3) is 4.91 Å². The fourth-order valence-corrected chi connectivity index (χ4v) is 6.14. The predicted octanol–water partition coefficient (Wildman–Crippen LogP) is 4.85. The minimum atomic E-state index is -3.51. The van der Waals surface area contributed by atoms with Crippen LogP contribution in [0.2, 0.25) is 0 Å². The molecule has 5 heteroatoms. The lowest BCUT2D eigenvalue weighted by Crippen LogP contribution is -2.45. The van der Waals surface area contributed by atoms with Crippen LogP contribution in [0.15, 0.2) is 60.2 Å². The van der Waals surface area contributed by atoms with Gasteiger partial charge in [0.2, 0.25) is 10.0 Å². The third-order valence-corrected chi connectivity index (χ3v) is 7.18. The summed E-state index contributed by atoms with van der Waals surface area (Å²) in [4.78, 5) is 0.415. The van der Waals surface area contributed by atoms with Crippen LogP contribution in [0.4, 0.5) is 0 Å². The Morgan fingerprint density at radius 2 is 1.62 bits per heavy atom. The molecule has 0 aromatic heterocycles. The molecular formula is C21H23NO3S. The van der Waals surface area contributed by atoms with E-state index in [1.165, 1.54) is 6.42 Å². The summed E-state index contributed by atoms with van der Waals surface area (Å²) in [6, 6.07) is 16.8. The van der Waals surface area contributed by atoms with Crippen molar-refractivity contribution in [2.75, 3.05) is 0 Å². The van der Waals surface area contributed by atoms with E-state index in [-0.39, 0.29) is 0 Å². The standard InChI is InChI=1S/C21H23NO3S/c1-16-20(26(23,24)22-21(16)13-6-3-7-14-21)17-9-8-12-19(15-17)25-18-10-4-2-5-11-18/h2,4-5,8-12,15,22H,3,6-7,13-14H2,1H3. The average molecular weight is 369 g/mol. The summed E-state index contributed by atoms with van der Waals surface area (Å²) in [6.07, 6.45) is 5.05. The van der Waals surface area contributed by atoms with E-state index in [1.807, 2.05) is 61.5 Å².